The molecule has 138 valence electrons. The largest absolute Gasteiger partial charge is 0.494 e. The third-order valence-electron chi connectivity index (χ3n) is 3.64. The van der Waals surface area contributed by atoms with E-state index in [1.54, 1.807) is 24.3 Å². The molecule has 0 heterocycles. The first-order valence-electron chi connectivity index (χ1n) is 7.52. The van der Waals surface area contributed by atoms with Gasteiger partial charge >= 0.3 is 5.97 Å². The van der Waals surface area contributed by atoms with Crippen LogP contribution in [0.25, 0.3) is 0 Å². The fourth-order valence-electron chi connectivity index (χ4n) is 2.32. The summed E-state index contributed by atoms with van der Waals surface area (Å²) < 4.78 is 9.78. The number of nitrogens with one attached hydrogen (secondary N) is 1. The van der Waals surface area contributed by atoms with Crippen LogP contribution in [-0.4, -0.2) is 26.1 Å². The Hall–Kier alpha value is -1.95. The van der Waals surface area contributed by atoms with E-state index >= 15 is 0 Å². The van der Waals surface area contributed by atoms with E-state index in [4.69, 9.17) is 44.3 Å². The van der Waals surface area contributed by atoms with Gasteiger partial charge in [0, 0.05) is 10.6 Å². The van der Waals surface area contributed by atoms with E-state index in [-0.39, 0.29) is 27.8 Å². The molecule has 26 heavy (non-hydrogen) atoms. The second-order valence-corrected chi connectivity index (χ2v) is 6.58. The number of amides is 1. The fraction of sp³-hybridized carbons (Fsp3) is 0.222. The Bertz CT molecular complexity index is 786. The molecule has 0 aliphatic rings. The van der Waals surface area contributed by atoms with Crippen molar-refractivity contribution in [1.82, 2.24) is 5.32 Å². The molecule has 0 aliphatic heterocycles. The number of carbonyl (C=O) groups is 2. The molecule has 1 unspecified atom stereocenters. The number of halogens is 3. The molecule has 0 aliphatic carbocycles. The van der Waals surface area contributed by atoms with Gasteiger partial charge in [0.1, 0.15) is 0 Å². The van der Waals surface area contributed by atoms with Gasteiger partial charge in [0.25, 0.3) is 5.91 Å². The van der Waals surface area contributed by atoms with Crippen LogP contribution in [0.5, 0.6) is 5.75 Å². The van der Waals surface area contributed by atoms with Crippen LogP contribution in [0.2, 0.25) is 15.1 Å². The standard InChI is InChI=1S/C18H16Cl3NO4/c1-25-16(23)9-15(10-3-5-12(19)6-4-10)22-18(24)11-7-13(20)17(26-2)14(21)8-11/h3-8,15H,9H2,1-2H3,(H,22,24). The maximum atomic E-state index is 12.6. The molecular weight excluding hydrogens is 401 g/mol. The van der Waals surface area contributed by atoms with Crippen molar-refractivity contribution in [3.63, 3.8) is 0 Å². The first-order valence-corrected chi connectivity index (χ1v) is 8.65. The van der Waals surface area contributed by atoms with Crippen LogP contribution in [0.4, 0.5) is 0 Å². The lowest BCUT2D eigenvalue weighted by Crippen LogP contribution is -2.30. The third kappa shape index (κ3) is 5.04. The maximum Gasteiger partial charge on any atom is 0.307 e. The average molecular weight is 417 g/mol. The first kappa shape index (κ1) is 20.4. The highest BCUT2D eigenvalue weighted by molar-refractivity contribution is 6.37. The number of rotatable bonds is 6. The van der Waals surface area contributed by atoms with E-state index in [0.717, 1.165) is 0 Å². The van der Waals surface area contributed by atoms with Crippen LogP contribution in [0.1, 0.15) is 28.4 Å². The summed E-state index contributed by atoms with van der Waals surface area (Å²) in [6.45, 7) is 0. The van der Waals surface area contributed by atoms with Crippen LogP contribution in [0.3, 0.4) is 0 Å². The van der Waals surface area contributed by atoms with E-state index in [0.29, 0.717) is 10.6 Å². The summed E-state index contributed by atoms with van der Waals surface area (Å²) >= 11 is 18.1. The molecule has 0 saturated carbocycles. The van der Waals surface area contributed by atoms with E-state index in [2.05, 4.69) is 5.32 Å². The summed E-state index contributed by atoms with van der Waals surface area (Å²) in [6.07, 6.45) is -0.0402. The molecule has 2 aromatic rings. The highest BCUT2D eigenvalue weighted by atomic mass is 35.5. The predicted molar refractivity (Wildman–Crippen MR) is 101 cm³/mol. The Balaban J connectivity index is 2.28. The average Bonchev–Trinajstić information content (AvgIpc) is 2.61. The SMILES string of the molecule is COC(=O)CC(NC(=O)c1cc(Cl)c(OC)c(Cl)c1)c1ccc(Cl)cc1. The van der Waals surface area contributed by atoms with Crippen molar-refractivity contribution in [1.29, 1.82) is 0 Å². The monoisotopic (exact) mass is 415 g/mol. The second kappa shape index (κ2) is 9.12. The van der Waals surface area contributed by atoms with Crippen molar-refractivity contribution < 1.29 is 19.1 Å². The maximum absolute atomic E-state index is 12.6. The highest BCUT2D eigenvalue weighted by Crippen LogP contribution is 2.34. The van der Waals surface area contributed by atoms with Crippen molar-refractivity contribution >= 4 is 46.7 Å². The fourth-order valence-corrected chi connectivity index (χ4v) is 3.09. The zero-order valence-corrected chi connectivity index (χ0v) is 16.3. The number of carbonyl (C=O) groups excluding carboxylic acids is 2. The second-order valence-electron chi connectivity index (χ2n) is 5.33. The number of ether oxygens (including phenoxy) is 2. The number of methoxy groups -OCH3 is 2. The molecule has 0 aromatic heterocycles. The van der Waals surface area contributed by atoms with Crippen molar-refractivity contribution in [2.45, 2.75) is 12.5 Å². The Morgan fingerprint density at radius 2 is 1.62 bits per heavy atom. The van der Waals surface area contributed by atoms with E-state index in [9.17, 15) is 9.59 Å². The third-order valence-corrected chi connectivity index (χ3v) is 4.45. The first-order chi connectivity index (χ1) is 12.3. The van der Waals surface area contributed by atoms with Gasteiger partial charge in [-0.1, -0.05) is 46.9 Å². The molecule has 2 rings (SSSR count). The van der Waals surface area contributed by atoms with Crippen LogP contribution in [0, 0.1) is 0 Å². The molecule has 1 atom stereocenters. The Morgan fingerprint density at radius 3 is 2.12 bits per heavy atom. The molecule has 5 nitrogen and oxygen atoms in total. The Labute approximate surface area is 166 Å². The van der Waals surface area contributed by atoms with Gasteiger partial charge in [-0.05, 0) is 29.8 Å². The van der Waals surface area contributed by atoms with Gasteiger partial charge in [-0.3, -0.25) is 9.59 Å². The van der Waals surface area contributed by atoms with Crippen molar-refractivity contribution in [2.75, 3.05) is 14.2 Å². The van der Waals surface area contributed by atoms with E-state index in [1.165, 1.54) is 26.4 Å². The van der Waals surface area contributed by atoms with Crippen molar-refractivity contribution in [3.05, 3.63) is 62.6 Å². The van der Waals surface area contributed by atoms with E-state index < -0.39 is 17.9 Å². The number of benzene rings is 2. The van der Waals surface area contributed by atoms with Gasteiger partial charge < -0.3 is 14.8 Å². The molecule has 0 fully saturated rings. The van der Waals surface area contributed by atoms with Gasteiger partial charge in [-0.25, -0.2) is 0 Å². The molecule has 0 saturated heterocycles. The van der Waals surface area contributed by atoms with Crippen LogP contribution >= 0.6 is 34.8 Å². The Kier molecular flexibility index (Phi) is 7.14. The molecule has 1 amide bonds. The normalized spacial score (nSPS) is 11.6. The lowest BCUT2D eigenvalue weighted by atomic mass is 10.0. The van der Waals surface area contributed by atoms with E-state index in [1.807, 2.05) is 0 Å². The van der Waals surface area contributed by atoms with Gasteiger partial charge in [0.2, 0.25) is 0 Å². The smallest absolute Gasteiger partial charge is 0.307 e. The number of hydrogen-bond acceptors (Lipinski definition) is 4. The topological polar surface area (TPSA) is 64.6 Å². The van der Waals surface area contributed by atoms with Crippen LogP contribution < -0.4 is 10.1 Å². The molecule has 0 bridgehead atoms. The van der Waals surface area contributed by atoms with Crippen LogP contribution in [-0.2, 0) is 9.53 Å². The number of esters is 1. The van der Waals surface area contributed by atoms with Gasteiger partial charge in [0.15, 0.2) is 5.75 Å². The molecule has 0 radical (unpaired) electrons. The Morgan fingerprint density at radius 1 is 1.04 bits per heavy atom. The van der Waals surface area contributed by atoms with Gasteiger partial charge in [-0.2, -0.15) is 0 Å². The summed E-state index contributed by atoms with van der Waals surface area (Å²) in [5.74, 6) is -0.620. The summed E-state index contributed by atoms with van der Waals surface area (Å²) in [4.78, 5) is 24.3. The lowest BCUT2D eigenvalue weighted by molar-refractivity contribution is -0.141. The van der Waals surface area contributed by atoms with Gasteiger partial charge in [0.05, 0.1) is 36.7 Å². The number of hydrogen-bond donors (Lipinski definition) is 1. The van der Waals surface area contributed by atoms with Crippen molar-refractivity contribution in [3.8, 4) is 5.75 Å². The minimum Gasteiger partial charge on any atom is -0.494 e. The summed E-state index contributed by atoms with van der Waals surface area (Å²) in [5.41, 5.74) is 0.948. The zero-order chi connectivity index (χ0) is 19.3. The molecule has 2 aromatic carbocycles. The van der Waals surface area contributed by atoms with Crippen LogP contribution in [0.15, 0.2) is 36.4 Å². The molecule has 0 spiro atoms. The molecule has 1 N–H and O–H groups in total. The molecular formula is C18H16Cl3NO4. The summed E-state index contributed by atoms with van der Waals surface area (Å²) in [6, 6.07) is 9.08. The molecule has 8 heteroatoms. The summed E-state index contributed by atoms with van der Waals surface area (Å²) in [5, 5.41) is 3.75. The minimum atomic E-state index is -0.605. The lowest BCUT2D eigenvalue weighted by Gasteiger charge is -2.19. The summed E-state index contributed by atoms with van der Waals surface area (Å²) in [7, 11) is 2.71. The predicted octanol–water partition coefficient (Wildman–Crippen LogP) is 4.69. The zero-order valence-electron chi connectivity index (χ0n) is 14.0. The quantitative estimate of drug-likeness (QED) is 0.694. The minimum absolute atomic E-state index is 0.0402. The van der Waals surface area contributed by atoms with Crippen molar-refractivity contribution in [2.24, 2.45) is 0 Å². The van der Waals surface area contributed by atoms with Gasteiger partial charge in [-0.15, -0.1) is 0 Å². The highest BCUT2D eigenvalue weighted by Gasteiger charge is 2.21.